The molecule has 0 saturated heterocycles. The van der Waals surface area contributed by atoms with E-state index in [0.29, 0.717) is 0 Å². The van der Waals surface area contributed by atoms with Crippen LogP contribution in [-0.4, -0.2) is 12.4 Å². The van der Waals surface area contributed by atoms with Gasteiger partial charge in [-0.2, -0.15) is 0 Å². The van der Waals surface area contributed by atoms with Crippen LogP contribution in [0.4, 0.5) is 0 Å². The Morgan fingerprint density at radius 1 is 1.31 bits per heavy atom. The van der Waals surface area contributed by atoms with Gasteiger partial charge < -0.3 is 5.43 Å². The van der Waals surface area contributed by atoms with Crippen LogP contribution in [0.2, 0.25) is 0 Å². The Labute approximate surface area is 97.7 Å². The average molecular weight is 219 g/mol. The molecule has 0 fully saturated rings. The molecule has 0 atom stereocenters. The maximum Gasteiger partial charge on any atom is 0.115 e. The molecule has 0 radical (unpaired) electrons. The third-order valence-electron chi connectivity index (χ3n) is 2.64. The summed E-state index contributed by atoms with van der Waals surface area (Å²) in [5.41, 5.74) is 6.54. The predicted octanol–water partition coefficient (Wildman–Crippen LogP) is 2.12. The Bertz CT molecular complexity index is 369. The molecule has 0 saturated carbocycles. The summed E-state index contributed by atoms with van der Waals surface area (Å²) < 4.78 is 0. The van der Waals surface area contributed by atoms with Gasteiger partial charge in [-0.25, -0.2) is 5.84 Å². The first-order valence-corrected chi connectivity index (χ1v) is 5.73. The fourth-order valence-corrected chi connectivity index (χ4v) is 1.51. The Balaban J connectivity index is 2.74. The van der Waals surface area contributed by atoms with E-state index in [2.05, 4.69) is 49.4 Å². The van der Waals surface area contributed by atoms with Crippen molar-refractivity contribution >= 4 is 5.84 Å². The lowest BCUT2D eigenvalue weighted by atomic mass is 10.0. The average Bonchev–Trinajstić information content (AvgIpc) is 2.29. The van der Waals surface area contributed by atoms with Crippen molar-refractivity contribution in [2.45, 2.75) is 33.6 Å². The van der Waals surface area contributed by atoms with Gasteiger partial charge in [0.05, 0.1) is 0 Å². The summed E-state index contributed by atoms with van der Waals surface area (Å²) in [6.45, 7) is 7.17. The summed E-state index contributed by atoms with van der Waals surface area (Å²) in [6, 6.07) is 6.45. The van der Waals surface area contributed by atoms with Crippen molar-refractivity contribution in [1.29, 1.82) is 0 Å². The number of nitrogens with zero attached hydrogens (tertiary/aromatic N) is 1. The molecule has 3 nitrogen and oxygen atoms in total. The van der Waals surface area contributed by atoms with Crippen molar-refractivity contribution in [3.05, 3.63) is 34.9 Å². The van der Waals surface area contributed by atoms with Crippen LogP contribution in [-0.2, 0) is 6.42 Å². The first kappa shape index (κ1) is 12.7. The van der Waals surface area contributed by atoms with Crippen molar-refractivity contribution < 1.29 is 0 Å². The van der Waals surface area contributed by atoms with Gasteiger partial charge in [-0.05, 0) is 37.0 Å². The summed E-state index contributed by atoms with van der Waals surface area (Å²) in [5, 5.41) is 0. The fourth-order valence-electron chi connectivity index (χ4n) is 1.51. The number of hydrazine groups is 1. The van der Waals surface area contributed by atoms with E-state index in [9.17, 15) is 0 Å². The van der Waals surface area contributed by atoms with E-state index in [1.807, 2.05) is 0 Å². The highest BCUT2D eigenvalue weighted by Gasteiger charge is 2.01. The maximum atomic E-state index is 5.45. The second kappa shape index (κ2) is 6.28. The van der Waals surface area contributed by atoms with Crippen LogP contribution in [0.5, 0.6) is 0 Å². The molecule has 3 heteroatoms. The minimum atomic E-state index is 0.775. The first-order valence-electron chi connectivity index (χ1n) is 5.73. The minimum Gasteiger partial charge on any atom is -0.312 e. The number of hydrogen-bond donors (Lipinski definition) is 2. The van der Waals surface area contributed by atoms with Crippen LogP contribution < -0.4 is 11.3 Å². The van der Waals surface area contributed by atoms with E-state index in [-0.39, 0.29) is 0 Å². The maximum absolute atomic E-state index is 5.45. The van der Waals surface area contributed by atoms with Gasteiger partial charge in [0.1, 0.15) is 5.84 Å². The first-order chi connectivity index (χ1) is 7.67. The number of benzene rings is 1. The largest absolute Gasteiger partial charge is 0.312 e. The molecule has 0 aliphatic carbocycles. The van der Waals surface area contributed by atoms with Gasteiger partial charge in [0, 0.05) is 13.0 Å². The van der Waals surface area contributed by atoms with Crippen LogP contribution in [0.3, 0.4) is 0 Å². The highest BCUT2D eigenvalue weighted by atomic mass is 15.2. The van der Waals surface area contributed by atoms with Crippen LogP contribution in [0, 0.1) is 13.8 Å². The molecular weight excluding hydrogens is 198 g/mol. The normalized spacial score (nSPS) is 11.6. The Hall–Kier alpha value is -1.35. The predicted molar refractivity (Wildman–Crippen MR) is 69.5 cm³/mol. The Morgan fingerprint density at radius 2 is 2.06 bits per heavy atom. The molecule has 1 rings (SSSR count). The van der Waals surface area contributed by atoms with E-state index in [4.69, 9.17) is 5.84 Å². The van der Waals surface area contributed by atoms with Crippen LogP contribution in [0.1, 0.15) is 30.0 Å². The van der Waals surface area contributed by atoms with E-state index in [0.717, 1.165) is 25.2 Å². The van der Waals surface area contributed by atoms with Crippen molar-refractivity contribution in [1.82, 2.24) is 5.43 Å². The molecule has 0 unspecified atom stereocenters. The summed E-state index contributed by atoms with van der Waals surface area (Å²) in [5.74, 6) is 6.30. The molecule has 3 N–H and O–H groups in total. The van der Waals surface area contributed by atoms with Gasteiger partial charge in [0.2, 0.25) is 0 Å². The van der Waals surface area contributed by atoms with E-state index in [1.165, 1.54) is 16.7 Å². The van der Waals surface area contributed by atoms with Gasteiger partial charge in [-0.15, -0.1) is 0 Å². The third-order valence-corrected chi connectivity index (χ3v) is 2.64. The zero-order chi connectivity index (χ0) is 12.0. The molecular formula is C13H21N3. The highest BCUT2D eigenvalue weighted by molar-refractivity contribution is 5.83. The van der Waals surface area contributed by atoms with Crippen molar-refractivity contribution in [3.8, 4) is 0 Å². The minimum absolute atomic E-state index is 0.775. The van der Waals surface area contributed by atoms with E-state index >= 15 is 0 Å². The molecule has 0 aliphatic heterocycles. The van der Waals surface area contributed by atoms with Crippen LogP contribution >= 0.6 is 0 Å². The molecule has 0 aromatic heterocycles. The zero-order valence-electron chi connectivity index (χ0n) is 10.4. The van der Waals surface area contributed by atoms with Gasteiger partial charge in [0.25, 0.3) is 0 Å². The monoisotopic (exact) mass is 219 g/mol. The van der Waals surface area contributed by atoms with Gasteiger partial charge in [0.15, 0.2) is 0 Å². The molecule has 0 spiro atoms. The van der Waals surface area contributed by atoms with Crippen molar-refractivity contribution in [3.63, 3.8) is 0 Å². The number of hydrogen-bond acceptors (Lipinski definition) is 2. The number of aryl methyl sites for hydroxylation is 2. The number of nitrogens with one attached hydrogen (secondary N) is 1. The van der Waals surface area contributed by atoms with Crippen LogP contribution in [0.25, 0.3) is 0 Å². The SMILES string of the molecule is CCCN=C(Cc1ccc(C)c(C)c1)NN. The molecule has 0 amide bonds. The molecule has 0 bridgehead atoms. The molecule has 1 aromatic rings. The second-order valence-electron chi connectivity index (χ2n) is 4.07. The Morgan fingerprint density at radius 3 is 2.62 bits per heavy atom. The lowest BCUT2D eigenvalue weighted by molar-refractivity contribution is 0.893. The fraction of sp³-hybridized carbons (Fsp3) is 0.462. The molecule has 16 heavy (non-hydrogen) atoms. The number of nitrogens with two attached hydrogens (primary N) is 1. The summed E-state index contributed by atoms with van der Waals surface area (Å²) in [4.78, 5) is 4.39. The highest BCUT2D eigenvalue weighted by Crippen LogP contribution is 2.10. The third kappa shape index (κ3) is 3.66. The Kier molecular flexibility index (Phi) is 4.99. The number of amidine groups is 1. The lowest BCUT2D eigenvalue weighted by Gasteiger charge is -2.08. The lowest BCUT2D eigenvalue weighted by Crippen LogP contribution is -2.32. The van der Waals surface area contributed by atoms with Gasteiger partial charge >= 0.3 is 0 Å². The number of rotatable bonds is 4. The number of aliphatic imine (C=N–C) groups is 1. The quantitative estimate of drug-likeness (QED) is 0.353. The molecule has 0 heterocycles. The van der Waals surface area contributed by atoms with E-state index < -0.39 is 0 Å². The summed E-state index contributed by atoms with van der Waals surface area (Å²) >= 11 is 0. The van der Waals surface area contributed by atoms with Gasteiger partial charge in [-0.1, -0.05) is 25.1 Å². The van der Waals surface area contributed by atoms with Crippen molar-refractivity contribution in [2.24, 2.45) is 10.8 Å². The molecule has 1 aromatic carbocycles. The smallest absolute Gasteiger partial charge is 0.115 e. The zero-order valence-corrected chi connectivity index (χ0v) is 10.4. The van der Waals surface area contributed by atoms with E-state index in [1.54, 1.807) is 0 Å². The summed E-state index contributed by atoms with van der Waals surface area (Å²) in [6.07, 6.45) is 1.82. The van der Waals surface area contributed by atoms with Crippen LogP contribution in [0.15, 0.2) is 23.2 Å². The second-order valence-corrected chi connectivity index (χ2v) is 4.07. The van der Waals surface area contributed by atoms with Gasteiger partial charge in [-0.3, -0.25) is 4.99 Å². The standard InChI is InChI=1S/C13H21N3/c1-4-7-15-13(16-14)9-12-6-5-10(2)11(3)8-12/h5-6,8H,4,7,9,14H2,1-3H3,(H,15,16). The molecule has 0 aliphatic rings. The topological polar surface area (TPSA) is 50.4 Å². The molecule has 88 valence electrons. The summed E-state index contributed by atoms with van der Waals surface area (Å²) in [7, 11) is 0. The van der Waals surface area contributed by atoms with Crippen molar-refractivity contribution in [2.75, 3.05) is 6.54 Å².